The maximum atomic E-state index is 13.4. The maximum absolute atomic E-state index is 13.4. The molecule has 3 heteroatoms. The predicted octanol–water partition coefficient (Wildman–Crippen LogP) is 4.59. The van der Waals surface area contributed by atoms with Gasteiger partial charge in [-0.3, -0.25) is 0 Å². The minimum absolute atomic E-state index is 0.133. The number of nitrogens with one attached hydrogen (secondary N) is 1. The van der Waals surface area contributed by atoms with Crippen LogP contribution in [0.1, 0.15) is 56.6 Å². The minimum Gasteiger partial charge on any atom is -0.313 e. The highest BCUT2D eigenvalue weighted by Gasteiger charge is 2.23. The summed E-state index contributed by atoms with van der Waals surface area (Å²) in [5, 5.41) is 3.29. The highest BCUT2D eigenvalue weighted by molar-refractivity contribution is 5.22. The second-order valence-electron chi connectivity index (χ2n) is 5.55. The van der Waals surface area contributed by atoms with Crippen molar-refractivity contribution in [3.8, 4) is 0 Å². The molecule has 0 aromatic heterocycles. The molecule has 19 heavy (non-hydrogen) atoms. The quantitative estimate of drug-likeness (QED) is 0.845. The third kappa shape index (κ3) is 3.75. The van der Waals surface area contributed by atoms with Crippen molar-refractivity contribution in [1.29, 1.82) is 0 Å². The Morgan fingerprint density at radius 3 is 2.21 bits per heavy atom. The van der Waals surface area contributed by atoms with Crippen LogP contribution in [0.3, 0.4) is 0 Å². The number of benzene rings is 1. The van der Waals surface area contributed by atoms with Crippen molar-refractivity contribution in [2.24, 2.45) is 5.92 Å². The Kier molecular flexibility index (Phi) is 5.32. The molecule has 0 heterocycles. The molecule has 0 saturated heterocycles. The van der Waals surface area contributed by atoms with E-state index in [-0.39, 0.29) is 6.04 Å². The zero-order chi connectivity index (χ0) is 13.7. The number of hydrogen-bond acceptors (Lipinski definition) is 1. The van der Waals surface area contributed by atoms with Crippen LogP contribution in [0, 0.1) is 17.6 Å². The van der Waals surface area contributed by atoms with Crippen LogP contribution < -0.4 is 5.32 Å². The monoisotopic (exact) mass is 267 g/mol. The highest BCUT2D eigenvalue weighted by Crippen LogP contribution is 2.33. The second-order valence-corrected chi connectivity index (χ2v) is 5.55. The molecular weight excluding hydrogens is 244 g/mol. The summed E-state index contributed by atoms with van der Waals surface area (Å²) in [6, 6.07) is 4.42. The average molecular weight is 267 g/mol. The summed E-state index contributed by atoms with van der Waals surface area (Å²) >= 11 is 0. The first-order valence-electron chi connectivity index (χ1n) is 7.34. The van der Waals surface area contributed by atoms with Crippen molar-refractivity contribution in [2.75, 3.05) is 7.05 Å². The minimum atomic E-state index is -0.767. The summed E-state index contributed by atoms with van der Waals surface area (Å²) in [7, 11) is 1.91. The van der Waals surface area contributed by atoms with Crippen molar-refractivity contribution < 1.29 is 8.78 Å². The van der Waals surface area contributed by atoms with Crippen molar-refractivity contribution in [1.82, 2.24) is 5.32 Å². The van der Waals surface area contributed by atoms with Crippen molar-refractivity contribution in [3.63, 3.8) is 0 Å². The molecule has 0 spiro atoms. The molecule has 0 amide bonds. The molecule has 1 aromatic carbocycles. The fraction of sp³-hybridized carbons (Fsp3) is 0.625. The molecule has 1 aliphatic rings. The lowest BCUT2D eigenvalue weighted by Crippen LogP contribution is -2.26. The van der Waals surface area contributed by atoms with Crippen LogP contribution >= 0.6 is 0 Å². The molecule has 1 nitrogen and oxygen atoms in total. The first kappa shape index (κ1) is 14.4. The second kappa shape index (κ2) is 6.99. The molecule has 1 atom stereocenters. The number of rotatable bonds is 3. The van der Waals surface area contributed by atoms with Gasteiger partial charge in [-0.1, -0.05) is 38.2 Å². The first-order chi connectivity index (χ1) is 9.22. The molecule has 1 aromatic rings. The molecule has 106 valence electrons. The van der Waals surface area contributed by atoms with Gasteiger partial charge < -0.3 is 5.32 Å². The zero-order valence-corrected chi connectivity index (χ0v) is 11.6. The van der Waals surface area contributed by atoms with Gasteiger partial charge in [-0.05, 0) is 43.5 Å². The van der Waals surface area contributed by atoms with E-state index in [0.717, 1.165) is 5.56 Å². The van der Waals surface area contributed by atoms with E-state index in [4.69, 9.17) is 0 Å². The third-order valence-electron chi connectivity index (χ3n) is 4.24. The van der Waals surface area contributed by atoms with Gasteiger partial charge >= 0.3 is 0 Å². The van der Waals surface area contributed by atoms with Crippen LogP contribution in [0.15, 0.2) is 18.2 Å². The SMILES string of the molecule is CNC(c1ccc(F)c(F)c1)C1CCCCCCC1. The lowest BCUT2D eigenvalue weighted by molar-refractivity contribution is 0.298. The molecule has 1 unspecified atom stereocenters. The Morgan fingerprint density at radius 2 is 1.63 bits per heavy atom. The van der Waals surface area contributed by atoms with Crippen LogP contribution in [0.4, 0.5) is 8.78 Å². The topological polar surface area (TPSA) is 12.0 Å². The molecule has 2 rings (SSSR count). The Labute approximate surface area is 114 Å². The predicted molar refractivity (Wildman–Crippen MR) is 74.0 cm³/mol. The van der Waals surface area contributed by atoms with Gasteiger partial charge in [-0.2, -0.15) is 0 Å². The standard InChI is InChI=1S/C16H23F2N/c1-19-16(12-7-5-3-2-4-6-8-12)13-9-10-14(17)15(18)11-13/h9-12,16,19H,2-8H2,1H3. The molecule has 0 aliphatic heterocycles. The lowest BCUT2D eigenvalue weighted by atomic mass is 9.83. The largest absolute Gasteiger partial charge is 0.313 e. The van der Waals surface area contributed by atoms with Crippen molar-refractivity contribution >= 4 is 0 Å². The Bertz CT molecular complexity index is 398. The molecule has 1 aliphatic carbocycles. The summed E-state index contributed by atoms with van der Waals surface area (Å²) in [5.74, 6) is -0.991. The van der Waals surface area contributed by atoms with Gasteiger partial charge in [0.25, 0.3) is 0 Å². The molecule has 0 bridgehead atoms. The van der Waals surface area contributed by atoms with E-state index in [1.54, 1.807) is 6.07 Å². The normalized spacial score (nSPS) is 19.7. The van der Waals surface area contributed by atoms with Crippen LogP contribution in [0.2, 0.25) is 0 Å². The molecular formula is C16H23F2N. The third-order valence-corrected chi connectivity index (χ3v) is 4.24. The van der Waals surface area contributed by atoms with Crippen LogP contribution in [0.25, 0.3) is 0 Å². The van der Waals surface area contributed by atoms with Crippen LogP contribution in [-0.2, 0) is 0 Å². The van der Waals surface area contributed by atoms with Crippen LogP contribution in [-0.4, -0.2) is 7.05 Å². The lowest BCUT2D eigenvalue weighted by Gasteiger charge is -2.29. The van der Waals surface area contributed by atoms with E-state index >= 15 is 0 Å². The summed E-state index contributed by atoms with van der Waals surface area (Å²) in [4.78, 5) is 0. The summed E-state index contributed by atoms with van der Waals surface area (Å²) in [5.41, 5.74) is 0.868. The van der Waals surface area contributed by atoms with Gasteiger partial charge in [-0.25, -0.2) is 8.78 Å². The molecule has 0 radical (unpaired) electrons. The van der Waals surface area contributed by atoms with Gasteiger partial charge in [0.1, 0.15) is 0 Å². The Morgan fingerprint density at radius 1 is 1.00 bits per heavy atom. The summed E-state index contributed by atoms with van der Waals surface area (Å²) in [6.07, 6.45) is 8.76. The van der Waals surface area contributed by atoms with E-state index in [9.17, 15) is 8.78 Å². The maximum Gasteiger partial charge on any atom is 0.159 e. The molecule has 1 N–H and O–H groups in total. The fourth-order valence-corrected chi connectivity index (χ4v) is 3.20. The number of hydrogen-bond donors (Lipinski definition) is 1. The summed E-state index contributed by atoms with van der Waals surface area (Å²) < 4.78 is 26.4. The highest BCUT2D eigenvalue weighted by atomic mass is 19.2. The van der Waals surface area contributed by atoms with E-state index < -0.39 is 11.6 Å². The Hall–Kier alpha value is -0.960. The van der Waals surface area contributed by atoms with Gasteiger partial charge in [0.05, 0.1) is 0 Å². The van der Waals surface area contributed by atoms with Gasteiger partial charge in [0.2, 0.25) is 0 Å². The van der Waals surface area contributed by atoms with E-state index in [2.05, 4.69) is 5.32 Å². The van der Waals surface area contributed by atoms with Crippen molar-refractivity contribution in [3.05, 3.63) is 35.4 Å². The average Bonchev–Trinajstić information content (AvgIpc) is 2.36. The van der Waals surface area contributed by atoms with Gasteiger partial charge in [-0.15, -0.1) is 0 Å². The first-order valence-corrected chi connectivity index (χ1v) is 7.34. The fourth-order valence-electron chi connectivity index (χ4n) is 3.20. The van der Waals surface area contributed by atoms with Crippen molar-refractivity contribution in [2.45, 2.75) is 51.0 Å². The molecule has 1 saturated carbocycles. The van der Waals surface area contributed by atoms with E-state index in [0.29, 0.717) is 5.92 Å². The van der Waals surface area contributed by atoms with E-state index in [1.165, 1.54) is 57.1 Å². The molecule has 1 fully saturated rings. The Balaban J connectivity index is 2.14. The van der Waals surface area contributed by atoms with E-state index in [1.807, 2.05) is 7.05 Å². The van der Waals surface area contributed by atoms with Crippen LogP contribution in [0.5, 0.6) is 0 Å². The number of halogens is 2. The summed E-state index contributed by atoms with van der Waals surface area (Å²) in [6.45, 7) is 0. The smallest absolute Gasteiger partial charge is 0.159 e. The zero-order valence-electron chi connectivity index (χ0n) is 11.6. The van der Waals surface area contributed by atoms with Gasteiger partial charge in [0.15, 0.2) is 11.6 Å². The van der Waals surface area contributed by atoms with Gasteiger partial charge in [0, 0.05) is 6.04 Å².